The van der Waals surface area contributed by atoms with Gasteiger partial charge in [0.15, 0.2) is 5.58 Å². The lowest BCUT2D eigenvalue weighted by Gasteiger charge is -2.25. The summed E-state index contributed by atoms with van der Waals surface area (Å²) >= 11 is 3.38. The summed E-state index contributed by atoms with van der Waals surface area (Å²) in [6, 6.07) is 3.92. The Balaban J connectivity index is 2.27. The summed E-state index contributed by atoms with van der Waals surface area (Å²) in [7, 11) is 1.61. The molecule has 1 aromatic carbocycles. The SMILES string of the molecule is COc1cc2c(cc1Br)oc(=O)n2C1CCC1. The van der Waals surface area contributed by atoms with Gasteiger partial charge in [0.2, 0.25) is 0 Å². The number of hydrogen-bond acceptors (Lipinski definition) is 3. The lowest BCUT2D eigenvalue weighted by Crippen LogP contribution is -2.25. The molecule has 0 atom stereocenters. The molecule has 1 aromatic heterocycles. The van der Waals surface area contributed by atoms with Gasteiger partial charge in [0.1, 0.15) is 5.75 Å². The van der Waals surface area contributed by atoms with E-state index in [1.165, 1.54) is 6.42 Å². The molecule has 90 valence electrons. The van der Waals surface area contributed by atoms with Crippen molar-refractivity contribution in [1.29, 1.82) is 0 Å². The van der Waals surface area contributed by atoms with Crippen molar-refractivity contribution in [3.8, 4) is 5.75 Å². The fraction of sp³-hybridized carbons (Fsp3) is 0.417. The third-order valence-electron chi connectivity index (χ3n) is 3.33. The summed E-state index contributed by atoms with van der Waals surface area (Å²) in [6.45, 7) is 0. The monoisotopic (exact) mass is 297 g/mol. The van der Waals surface area contributed by atoms with E-state index in [0.29, 0.717) is 11.3 Å². The molecule has 0 spiro atoms. The van der Waals surface area contributed by atoms with E-state index in [2.05, 4.69) is 15.9 Å². The quantitative estimate of drug-likeness (QED) is 0.855. The van der Waals surface area contributed by atoms with Crippen LogP contribution in [0.5, 0.6) is 5.75 Å². The van der Waals surface area contributed by atoms with E-state index in [1.807, 2.05) is 6.07 Å². The molecular formula is C12H12BrNO3. The average Bonchev–Trinajstić information content (AvgIpc) is 2.52. The molecule has 0 radical (unpaired) electrons. The molecular weight excluding hydrogens is 286 g/mol. The Kier molecular flexibility index (Phi) is 2.50. The Hall–Kier alpha value is -1.23. The van der Waals surface area contributed by atoms with Crippen LogP contribution in [0.3, 0.4) is 0 Å². The van der Waals surface area contributed by atoms with Gasteiger partial charge >= 0.3 is 5.76 Å². The van der Waals surface area contributed by atoms with Crippen molar-refractivity contribution in [2.75, 3.05) is 7.11 Å². The van der Waals surface area contributed by atoms with Crippen molar-refractivity contribution in [1.82, 2.24) is 4.57 Å². The molecule has 0 aliphatic heterocycles. The number of nitrogens with zero attached hydrogens (tertiary/aromatic N) is 1. The molecule has 2 aromatic rings. The van der Waals surface area contributed by atoms with Crippen LogP contribution in [-0.4, -0.2) is 11.7 Å². The molecule has 1 aliphatic rings. The molecule has 0 N–H and O–H groups in total. The number of ether oxygens (including phenoxy) is 1. The Morgan fingerprint density at radius 2 is 2.24 bits per heavy atom. The van der Waals surface area contributed by atoms with Gasteiger partial charge in [-0.25, -0.2) is 4.79 Å². The van der Waals surface area contributed by atoms with Crippen LogP contribution in [0.25, 0.3) is 11.1 Å². The predicted octanol–water partition coefficient (Wildman–Crippen LogP) is 3.09. The first-order valence-electron chi connectivity index (χ1n) is 5.59. The Labute approximate surface area is 106 Å². The average molecular weight is 298 g/mol. The van der Waals surface area contributed by atoms with E-state index in [1.54, 1.807) is 17.7 Å². The summed E-state index contributed by atoms with van der Waals surface area (Å²) in [6.07, 6.45) is 3.28. The number of aromatic nitrogens is 1. The molecule has 1 aliphatic carbocycles. The number of halogens is 1. The number of oxazole rings is 1. The summed E-state index contributed by atoms with van der Waals surface area (Å²) in [5.74, 6) is 0.441. The lowest BCUT2D eigenvalue weighted by atomic mass is 9.93. The maximum Gasteiger partial charge on any atom is 0.420 e. The fourth-order valence-corrected chi connectivity index (χ4v) is 2.67. The van der Waals surface area contributed by atoms with Crippen molar-refractivity contribution < 1.29 is 9.15 Å². The van der Waals surface area contributed by atoms with Crippen LogP contribution < -0.4 is 10.5 Å². The number of methoxy groups -OCH3 is 1. The van der Waals surface area contributed by atoms with Gasteiger partial charge < -0.3 is 9.15 Å². The molecule has 0 saturated heterocycles. The van der Waals surface area contributed by atoms with Crippen LogP contribution in [0.2, 0.25) is 0 Å². The lowest BCUT2D eigenvalue weighted by molar-refractivity contribution is 0.299. The van der Waals surface area contributed by atoms with Crippen LogP contribution >= 0.6 is 15.9 Å². The minimum absolute atomic E-state index is 0.273. The predicted molar refractivity (Wildman–Crippen MR) is 67.6 cm³/mol. The smallest absolute Gasteiger partial charge is 0.420 e. The Morgan fingerprint density at radius 1 is 1.47 bits per heavy atom. The van der Waals surface area contributed by atoms with Gasteiger partial charge in [-0.3, -0.25) is 4.57 Å². The maximum absolute atomic E-state index is 11.8. The maximum atomic E-state index is 11.8. The van der Waals surface area contributed by atoms with Crippen molar-refractivity contribution in [2.45, 2.75) is 25.3 Å². The standard InChI is InChI=1S/C12H12BrNO3/c1-16-10-6-9-11(5-8(10)13)17-12(15)14(9)7-3-2-4-7/h5-7H,2-4H2,1H3. The zero-order valence-electron chi connectivity index (χ0n) is 9.40. The van der Waals surface area contributed by atoms with Crippen LogP contribution in [-0.2, 0) is 0 Å². The highest BCUT2D eigenvalue weighted by molar-refractivity contribution is 9.10. The van der Waals surface area contributed by atoms with Crippen LogP contribution in [0.1, 0.15) is 25.3 Å². The van der Waals surface area contributed by atoms with Crippen molar-refractivity contribution >= 4 is 27.0 Å². The summed E-state index contributed by atoms with van der Waals surface area (Å²) in [5.41, 5.74) is 1.43. The molecule has 0 amide bonds. The molecule has 4 nitrogen and oxygen atoms in total. The topological polar surface area (TPSA) is 44.4 Å². The normalized spacial score (nSPS) is 16.1. The van der Waals surface area contributed by atoms with Gasteiger partial charge in [-0.15, -0.1) is 0 Å². The first kappa shape index (κ1) is 10.9. The molecule has 0 unspecified atom stereocenters. The fourth-order valence-electron chi connectivity index (χ4n) is 2.18. The van der Waals surface area contributed by atoms with Gasteiger partial charge in [0.05, 0.1) is 17.1 Å². The van der Waals surface area contributed by atoms with Crippen molar-refractivity contribution in [3.05, 3.63) is 27.2 Å². The third-order valence-corrected chi connectivity index (χ3v) is 3.95. The van der Waals surface area contributed by atoms with Crippen molar-refractivity contribution in [3.63, 3.8) is 0 Å². The van der Waals surface area contributed by atoms with Gasteiger partial charge in [-0.1, -0.05) is 0 Å². The second kappa shape index (κ2) is 3.91. The van der Waals surface area contributed by atoms with E-state index >= 15 is 0 Å². The van der Waals surface area contributed by atoms with Crippen LogP contribution in [0, 0.1) is 0 Å². The van der Waals surface area contributed by atoms with Crippen molar-refractivity contribution in [2.24, 2.45) is 0 Å². The Bertz CT molecular complexity index is 624. The molecule has 3 rings (SSSR count). The van der Waals surface area contributed by atoms with E-state index < -0.39 is 0 Å². The second-order valence-electron chi connectivity index (χ2n) is 4.28. The summed E-state index contributed by atoms with van der Waals surface area (Å²) in [5, 5.41) is 0. The molecule has 1 heterocycles. The first-order chi connectivity index (χ1) is 8.20. The van der Waals surface area contributed by atoms with E-state index in [-0.39, 0.29) is 11.8 Å². The minimum atomic E-state index is -0.273. The molecule has 1 saturated carbocycles. The number of fused-ring (bicyclic) bond motifs is 1. The van der Waals surface area contributed by atoms with E-state index in [9.17, 15) is 4.79 Å². The van der Waals surface area contributed by atoms with Gasteiger partial charge in [0, 0.05) is 18.2 Å². The second-order valence-corrected chi connectivity index (χ2v) is 5.13. The van der Waals surface area contributed by atoms with Crippen LogP contribution in [0.15, 0.2) is 25.8 Å². The number of rotatable bonds is 2. The Morgan fingerprint density at radius 3 is 2.82 bits per heavy atom. The van der Waals surface area contributed by atoms with E-state index in [4.69, 9.17) is 9.15 Å². The van der Waals surface area contributed by atoms with Crippen LogP contribution in [0.4, 0.5) is 0 Å². The first-order valence-corrected chi connectivity index (χ1v) is 6.38. The highest BCUT2D eigenvalue weighted by atomic mass is 79.9. The highest BCUT2D eigenvalue weighted by Crippen LogP contribution is 2.36. The largest absolute Gasteiger partial charge is 0.495 e. The molecule has 17 heavy (non-hydrogen) atoms. The third kappa shape index (κ3) is 1.60. The summed E-state index contributed by atoms with van der Waals surface area (Å²) < 4.78 is 13.0. The number of benzene rings is 1. The van der Waals surface area contributed by atoms with E-state index in [0.717, 1.165) is 22.8 Å². The molecule has 5 heteroatoms. The van der Waals surface area contributed by atoms with Gasteiger partial charge in [-0.05, 0) is 35.2 Å². The molecule has 1 fully saturated rings. The minimum Gasteiger partial charge on any atom is -0.495 e. The summed E-state index contributed by atoms with van der Waals surface area (Å²) in [4.78, 5) is 11.8. The molecule has 0 bridgehead atoms. The van der Waals surface area contributed by atoms with Gasteiger partial charge in [-0.2, -0.15) is 0 Å². The van der Waals surface area contributed by atoms with Gasteiger partial charge in [0.25, 0.3) is 0 Å². The number of hydrogen-bond donors (Lipinski definition) is 0. The highest BCUT2D eigenvalue weighted by Gasteiger charge is 2.25. The zero-order chi connectivity index (χ0) is 12.0. The zero-order valence-corrected chi connectivity index (χ0v) is 11.0.